The molecule has 0 aliphatic rings. The fourth-order valence-corrected chi connectivity index (χ4v) is 1.69. The molecule has 96 valence electrons. The summed E-state index contributed by atoms with van der Waals surface area (Å²) in [5.74, 6) is 0.0653. The lowest BCUT2D eigenvalue weighted by molar-refractivity contribution is -0.122. The van der Waals surface area contributed by atoms with Crippen molar-refractivity contribution in [1.82, 2.24) is 5.32 Å². The SMILES string of the molecule is CCCCCCC(C)NC(=O)CC(C)(C)N. The first-order valence-electron chi connectivity index (χ1n) is 6.43. The van der Waals surface area contributed by atoms with E-state index in [0.29, 0.717) is 6.42 Å². The summed E-state index contributed by atoms with van der Waals surface area (Å²) >= 11 is 0. The van der Waals surface area contributed by atoms with Crippen LogP contribution in [0.2, 0.25) is 0 Å². The zero-order chi connectivity index (χ0) is 12.6. The number of nitrogens with two attached hydrogens (primary N) is 1. The summed E-state index contributed by atoms with van der Waals surface area (Å²) in [4.78, 5) is 11.6. The first-order chi connectivity index (χ1) is 7.35. The number of rotatable bonds is 8. The van der Waals surface area contributed by atoms with Gasteiger partial charge in [0.05, 0.1) is 0 Å². The highest BCUT2D eigenvalue weighted by atomic mass is 16.1. The Balaban J connectivity index is 3.62. The third-order valence-corrected chi connectivity index (χ3v) is 2.51. The average molecular weight is 228 g/mol. The molecule has 1 unspecified atom stereocenters. The van der Waals surface area contributed by atoms with Gasteiger partial charge >= 0.3 is 0 Å². The topological polar surface area (TPSA) is 55.1 Å². The molecule has 1 amide bonds. The predicted molar refractivity (Wildman–Crippen MR) is 69.2 cm³/mol. The molecule has 0 spiro atoms. The second-order valence-corrected chi connectivity index (χ2v) is 5.48. The minimum Gasteiger partial charge on any atom is -0.354 e. The van der Waals surface area contributed by atoms with Crippen LogP contribution in [0.1, 0.15) is 66.2 Å². The number of amides is 1. The van der Waals surface area contributed by atoms with Gasteiger partial charge in [-0.2, -0.15) is 0 Å². The smallest absolute Gasteiger partial charge is 0.222 e. The van der Waals surface area contributed by atoms with E-state index in [0.717, 1.165) is 6.42 Å². The Bertz CT molecular complexity index is 197. The van der Waals surface area contributed by atoms with E-state index >= 15 is 0 Å². The Morgan fingerprint density at radius 2 is 1.94 bits per heavy atom. The average Bonchev–Trinajstić information content (AvgIpc) is 2.09. The van der Waals surface area contributed by atoms with E-state index in [9.17, 15) is 4.79 Å². The number of hydrogen-bond donors (Lipinski definition) is 2. The predicted octanol–water partition coefficient (Wildman–Crippen LogP) is 2.59. The van der Waals surface area contributed by atoms with Crippen LogP contribution in [0.25, 0.3) is 0 Å². The number of carbonyl (C=O) groups excluding carboxylic acids is 1. The van der Waals surface area contributed by atoms with E-state index < -0.39 is 5.54 Å². The highest BCUT2D eigenvalue weighted by Crippen LogP contribution is 2.07. The summed E-state index contributed by atoms with van der Waals surface area (Å²) in [6.45, 7) is 8.01. The fourth-order valence-electron chi connectivity index (χ4n) is 1.69. The van der Waals surface area contributed by atoms with Crippen molar-refractivity contribution < 1.29 is 4.79 Å². The van der Waals surface area contributed by atoms with Crippen LogP contribution in [-0.4, -0.2) is 17.5 Å². The van der Waals surface area contributed by atoms with Crippen molar-refractivity contribution >= 4 is 5.91 Å². The molecule has 0 bridgehead atoms. The Kier molecular flexibility index (Phi) is 7.39. The molecular formula is C13H28N2O. The molecule has 3 N–H and O–H groups in total. The molecule has 0 saturated heterocycles. The standard InChI is InChI=1S/C13H28N2O/c1-5-6-7-8-9-11(2)15-12(16)10-13(3,4)14/h11H,5-10,14H2,1-4H3,(H,15,16). The molecule has 0 saturated carbocycles. The molecule has 0 aromatic heterocycles. The summed E-state index contributed by atoms with van der Waals surface area (Å²) in [7, 11) is 0. The van der Waals surface area contributed by atoms with Crippen LogP contribution in [0.4, 0.5) is 0 Å². The van der Waals surface area contributed by atoms with Crippen molar-refractivity contribution in [3.05, 3.63) is 0 Å². The monoisotopic (exact) mass is 228 g/mol. The summed E-state index contributed by atoms with van der Waals surface area (Å²) in [6, 6.07) is 0.270. The van der Waals surface area contributed by atoms with E-state index in [1.165, 1.54) is 25.7 Å². The van der Waals surface area contributed by atoms with Gasteiger partial charge in [0.2, 0.25) is 5.91 Å². The lowest BCUT2D eigenvalue weighted by Gasteiger charge is -2.20. The molecule has 0 aromatic carbocycles. The molecule has 16 heavy (non-hydrogen) atoms. The molecule has 0 fully saturated rings. The molecule has 0 radical (unpaired) electrons. The largest absolute Gasteiger partial charge is 0.354 e. The maximum Gasteiger partial charge on any atom is 0.222 e. The van der Waals surface area contributed by atoms with Crippen LogP contribution >= 0.6 is 0 Å². The van der Waals surface area contributed by atoms with Crippen molar-refractivity contribution in [2.24, 2.45) is 5.73 Å². The second-order valence-electron chi connectivity index (χ2n) is 5.48. The van der Waals surface area contributed by atoms with Gasteiger partial charge in [0.1, 0.15) is 0 Å². The van der Waals surface area contributed by atoms with Gasteiger partial charge in [0.15, 0.2) is 0 Å². The maximum atomic E-state index is 11.6. The number of nitrogens with one attached hydrogen (secondary N) is 1. The third-order valence-electron chi connectivity index (χ3n) is 2.51. The number of unbranched alkanes of at least 4 members (excludes halogenated alkanes) is 3. The minimum atomic E-state index is -0.411. The van der Waals surface area contributed by atoms with Crippen LogP contribution in [0.3, 0.4) is 0 Å². The van der Waals surface area contributed by atoms with E-state index in [1.807, 2.05) is 13.8 Å². The first kappa shape index (κ1) is 15.4. The first-order valence-corrected chi connectivity index (χ1v) is 6.43. The van der Waals surface area contributed by atoms with Gasteiger partial charge in [0.25, 0.3) is 0 Å². The summed E-state index contributed by atoms with van der Waals surface area (Å²) in [5.41, 5.74) is 5.38. The van der Waals surface area contributed by atoms with E-state index in [-0.39, 0.29) is 11.9 Å². The molecule has 1 atom stereocenters. The Morgan fingerprint density at radius 3 is 2.44 bits per heavy atom. The molecule has 0 aliphatic heterocycles. The number of hydrogen-bond acceptors (Lipinski definition) is 2. The normalized spacial score (nSPS) is 13.6. The Hall–Kier alpha value is -0.570. The lowest BCUT2D eigenvalue weighted by Crippen LogP contribution is -2.41. The molecule has 0 heterocycles. The zero-order valence-corrected chi connectivity index (χ0v) is 11.3. The van der Waals surface area contributed by atoms with Crippen molar-refractivity contribution in [3.8, 4) is 0 Å². The van der Waals surface area contributed by atoms with Gasteiger partial charge in [-0.15, -0.1) is 0 Å². The number of carbonyl (C=O) groups is 1. The zero-order valence-electron chi connectivity index (χ0n) is 11.3. The van der Waals surface area contributed by atoms with Crippen LogP contribution in [0.15, 0.2) is 0 Å². The van der Waals surface area contributed by atoms with E-state index in [1.54, 1.807) is 0 Å². The summed E-state index contributed by atoms with van der Waals surface area (Å²) in [6.07, 6.45) is 6.46. The molecule has 3 nitrogen and oxygen atoms in total. The maximum absolute atomic E-state index is 11.6. The van der Waals surface area contributed by atoms with Gasteiger partial charge < -0.3 is 11.1 Å². The van der Waals surface area contributed by atoms with E-state index in [2.05, 4.69) is 19.2 Å². The minimum absolute atomic E-state index is 0.0653. The van der Waals surface area contributed by atoms with Crippen molar-refractivity contribution in [2.75, 3.05) is 0 Å². The molecule has 0 aliphatic carbocycles. The molecule has 0 aromatic rings. The Labute approximate surface area is 100 Å². The van der Waals surface area contributed by atoms with Crippen molar-refractivity contribution in [3.63, 3.8) is 0 Å². The Morgan fingerprint density at radius 1 is 1.31 bits per heavy atom. The van der Waals surface area contributed by atoms with Crippen LogP contribution < -0.4 is 11.1 Å². The molecule has 0 rings (SSSR count). The van der Waals surface area contributed by atoms with Gasteiger partial charge in [0, 0.05) is 18.0 Å². The van der Waals surface area contributed by atoms with Crippen LogP contribution in [-0.2, 0) is 4.79 Å². The highest BCUT2D eigenvalue weighted by Gasteiger charge is 2.17. The van der Waals surface area contributed by atoms with Gasteiger partial charge in [-0.05, 0) is 27.2 Å². The van der Waals surface area contributed by atoms with E-state index in [4.69, 9.17) is 5.73 Å². The van der Waals surface area contributed by atoms with Crippen molar-refractivity contribution in [1.29, 1.82) is 0 Å². The van der Waals surface area contributed by atoms with Gasteiger partial charge in [-0.1, -0.05) is 32.6 Å². The molecule has 3 heteroatoms. The summed E-state index contributed by atoms with van der Waals surface area (Å²) < 4.78 is 0. The fraction of sp³-hybridized carbons (Fsp3) is 0.923. The summed E-state index contributed by atoms with van der Waals surface area (Å²) in [5, 5.41) is 2.99. The molecular weight excluding hydrogens is 200 g/mol. The lowest BCUT2D eigenvalue weighted by atomic mass is 10.0. The van der Waals surface area contributed by atoms with Crippen LogP contribution in [0.5, 0.6) is 0 Å². The highest BCUT2D eigenvalue weighted by molar-refractivity contribution is 5.77. The van der Waals surface area contributed by atoms with Gasteiger partial charge in [-0.3, -0.25) is 4.79 Å². The van der Waals surface area contributed by atoms with Crippen molar-refractivity contribution in [2.45, 2.75) is 77.8 Å². The van der Waals surface area contributed by atoms with Gasteiger partial charge in [-0.25, -0.2) is 0 Å². The van der Waals surface area contributed by atoms with Crippen LogP contribution in [0, 0.1) is 0 Å². The third kappa shape index (κ3) is 9.97. The quantitative estimate of drug-likeness (QED) is 0.627. The second kappa shape index (κ2) is 7.66.